The molecule has 6 nitrogen and oxygen atoms in total. The number of fused-ring (bicyclic) bond motifs is 1. The summed E-state index contributed by atoms with van der Waals surface area (Å²) in [7, 11) is -1.48. The first-order valence-corrected chi connectivity index (χ1v) is 9.23. The Balaban J connectivity index is 2.16. The summed E-state index contributed by atoms with van der Waals surface area (Å²) in [5.74, 6) is -0.625. The van der Waals surface area contributed by atoms with Crippen molar-refractivity contribution in [2.24, 2.45) is 5.73 Å². The molecule has 1 aromatic heterocycles. The fourth-order valence-corrected chi connectivity index (χ4v) is 4.47. The summed E-state index contributed by atoms with van der Waals surface area (Å²) in [5, 5.41) is 0.716. The molecule has 1 fully saturated rings. The van der Waals surface area contributed by atoms with Crippen LogP contribution in [-0.2, 0) is 15.7 Å². The van der Waals surface area contributed by atoms with Crippen molar-refractivity contribution in [1.29, 1.82) is 0 Å². The van der Waals surface area contributed by atoms with E-state index in [1.54, 1.807) is 4.31 Å². The van der Waals surface area contributed by atoms with Gasteiger partial charge in [0.05, 0.1) is 18.1 Å². The van der Waals surface area contributed by atoms with Gasteiger partial charge in [0.15, 0.2) is 0 Å². The number of H-pyrrole nitrogens is 1. The van der Waals surface area contributed by atoms with Crippen molar-refractivity contribution in [2.45, 2.75) is 4.90 Å². The first kappa shape index (κ1) is 16.1. The molecular weight excluding hydrogens is 438 g/mol. The van der Waals surface area contributed by atoms with Gasteiger partial charge in [-0.2, -0.15) is 0 Å². The smallest absolute Gasteiger partial charge is 0.266 e. The van der Waals surface area contributed by atoms with Crippen molar-refractivity contribution in [3.05, 3.63) is 26.8 Å². The van der Waals surface area contributed by atoms with Crippen LogP contribution < -0.4 is 5.73 Å². The maximum atomic E-state index is 12.9. The second-order valence-corrected chi connectivity index (χ2v) is 7.93. The highest BCUT2D eigenvalue weighted by molar-refractivity contribution is 9.13. The predicted octanol–water partition coefficient (Wildman–Crippen LogP) is 2.15. The van der Waals surface area contributed by atoms with E-state index in [9.17, 15) is 9.00 Å². The third-order valence-electron chi connectivity index (χ3n) is 3.42. The van der Waals surface area contributed by atoms with E-state index in [0.717, 1.165) is 8.95 Å². The van der Waals surface area contributed by atoms with Crippen molar-refractivity contribution >= 4 is 59.7 Å². The molecule has 0 aliphatic carbocycles. The molecule has 1 aliphatic heterocycles. The van der Waals surface area contributed by atoms with Gasteiger partial charge in [-0.05, 0) is 44.0 Å². The summed E-state index contributed by atoms with van der Waals surface area (Å²) >= 11 is 6.85. The fraction of sp³-hybridized carbons (Fsp3) is 0.308. The van der Waals surface area contributed by atoms with E-state index in [1.165, 1.54) is 0 Å². The predicted molar refractivity (Wildman–Crippen MR) is 91.0 cm³/mol. The Kier molecular flexibility index (Phi) is 4.69. The zero-order valence-corrected chi connectivity index (χ0v) is 15.4. The number of nitrogens with one attached hydrogen (secondary N) is 1. The molecule has 1 atom stereocenters. The lowest BCUT2D eigenvalue weighted by Gasteiger charge is -2.25. The molecule has 1 unspecified atom stereocenters. The molecule has 0 bridgehead atoms. The standard InChI is InChI=1S/C13H13Br2N3O3S/c14-8-5-7-10(6-9(8)15)17-11(13(16)19)12(7)22(20)18-1-3-21-4-2-18/h5-6,17H,1-4H2,(H2,16,19). The maximum Gasteiger partial charge on any atom is 0.266 e. The molecule has 3 N–H and O–H groups in total. The number of benzene rings is 1. The average Bonchev–Trinajstić information content (AvgIpc) is 2.86. The Morgan fingerprint density at radius 3 is 2.55 bits per heavy atom. The third-order valence-corrected chi connectivity index (χ3v) is 6.87. The molecule has 2 aromatic rings. The lowest BCUT2D eigenvalue weighted by Crippen LogP contribution is -2.38. The summed E-state index contributed by atoms with van der Waals surface area (Å²) < 4.78 is 21.6. The van der Waals surface area contributed by atoms with Crippen LogP contribution in [0.3, 0.4) is 0 Å². The summed E-state index contributed by atoms with van der Waals surface area (Å²) in [4.78, 5) is 15.1. The van der Waals surface area contributed by atoms with Gasteiger partial charge < -0.3 is 15.5 Å². The van der Waals surface area contributed by atoms with Crippen LogP contribution in [0.15, 0.2) is 26.0 Å². The number of carbonyl (C=O) groups is 1. The number of morpholine rings is 1. The summed E-state index contributed by atoms with van der Waals surface area (Å²) in [6.45, 7) is 2.15. The molecule has 0 saturated carbocycles. The second kappa shape index (κ2) is 6.40. The molecule has 1 aliphatic rings. The van der Waals surface area contributed by atoms with Gasteiger partial charge in [-0.1, -0.05) is 0 Å². The van der Waals surface area contributed by atoms with Gasteiger partial charge in [0.25, 0.3) is 5.91 Å². The van der Waals surface area contributed by atoms with Gasteiger partial charge in [-0.3, -0.25) is 4.79 Å². The number of hydrogen-bond donors (Lipinski definition) is 2. The number of primary amides is 1. The van der Waals surface area contributed by atoms with Crippen molar-refractivity contribution in [2.75, 3.05) is 26.3 Å². The van der Waals surface area contributed by atoms with Gasteiger partial charge in [-0.25, -0.2) is 8.51 Å². The monoisotopic (exact) mass is 449 g/mol. The molecule has 0 radical (unpaired) electrons. The number of nitrogens with two attached hydrogens (primary N) is 1. The Bertz CT molecular complexity index is 771. The summed E-state index contributed by atoms with van der Waals surface area (Å²) in [6, 6.07) is 3.65. The number of amides is 1. The van der Waals surface area contributed by atoms with Crippen LogP contribution in [0.5, 0.6) is 0 Å². The number of rotatable bonds is 3. The number of aromatic amines is 1. The van der Waals surface area contributed by atoms with E-state index in [0.29, 0.717) is 42.1 Å². The number of carbonyl (C=O) groups excluding carboxylic acids is 1. The van der Waals surface area contributed by atoms with Crippen LogP contribution in [0, 0.1) is 0 Å². The van der Waals surface area contributed by atoms with E-state index in [1.807, 2.05) is 12.1 Å². The van der Waals surface area contributed by atoms with Gasteiger partial charge >= 0.3 is 0 Å². The highest BCUT2D eigenvalue weighted by Gasteiger charge is 2.27. The average molecular weight is 451 g/mol. The molecular formula is C13H13Br2N3O3S. The van der Waals surface area contributed by atoms with Gasteiger partial charge in [0.2, 0.25) is 0 Å². The Hall–Kier alpha value is -0.740. The zero-order chi connectivity index (χ0) is 15.9. The van der Waals surface area contributed by atoms with E-state index in [4.69, 9.17) is 10.5 Å². The summed E-state index contributed by atoms with van der Waals surface area (Å²) in [5.41, 5.74) is 6.34. The molecule has 3 rings (SSSR count). The van der Waals surface area contributed by atoms with E-state index in [-0.39, 0.29) is 5.69 Å². The molecule has 2 heterocycles. The van der Waals surface area contributed by atoms with E-state index >= 15 is 0 Å². The minimum atomic E-state index is -1.48. The lowest BCUT2D eigenvalue weighted by molar-refractivity contribution is 0.0752. The SMILES string of the molecule is NC(=O)c1[nH]c2cc(Br)c(Br)cc2c1S(=O)N1CCOCC1. The second-order valence-electron chi connectivity index (χ2n) is 4.80. The molecule has 1 aromatic carbocycles. The van der Waals surface area contributed by atoms with Crippen molar-refractivity contribution in [3.8, 4) is 0 Å². The largest absolute Gasteiger partial charge is 0.379 e. The first-order chi connectivity index (χ1) is 10.5. The number of hydrogen-bond acceptors (Lipinski definition) is 3. The van der Waals surface area contributed by atoms with Crippen molar-refractivity contribution in [3.63, 3.8) is 0 Å². The zero-order valence-electron chi connectivity index (χ0n) is 11.4. The van der Waals surface area contributed by atoms with Gasteiger partial charge in [-0.15, -0.1) is 0 Å². The molecule has 0 spiro atoms. The Morgan fingerprint density at radius 2 is 1.91 bits per heavy atom. The molecule has 1 amide bonds. The molecule has 118 valence electrons. The van der Waals surface area contributed by atoms with Crippen LogP contribution in [-0.4, -0.2) is 45.7 Å². The fourth-order valence-electron chi connectivity index (χ4n) is 2.36. The number of aromatic nitrogens is 1. The lowest BCUT2D eigenvalue weighted by atomic mass is 10.2. The van der Waals surface area contributed by atoms with Gasteiger partial charge in [0.1, 0.15) is 16.7 Å². The van der Waals surface area contributed by atoms with Crippen LogP contribution >= 0.6 is 31.9 Å². The Morgan fingerprint density at radius 1 is 1.27 bits per heavy atom. The quantitative estimate of drug-likeness (QED) is 0.750. The third kappa shape index (κ3) is 2.88. The first-order valence-electron chi connectivity index (χ1n) is 6.54. The topological polar surface area (TPSA) is 88.4 Å². The van der Waals surface area contributed by atoms with Gasteiger partial charge in [0, 0.05) is 32.9 Å². The molecule has 22 heavy (non-hydrogen) atoms. The van der Waals surface area contributed by atoms with Crippen LogP contribution in [0.4, 0.5) is 0 Å². The van der Waals surface area contributed by atoms with E-state index in [2.05, 4.69) is 36.8 Å². The number of nitrogens with zero attached hydrogens (tertiary/aromatic N) is 1. The minimum Gasteiger partial charge on any atom is -0.379 e. The van der Waals surface area contributed by atoms with Crippen LogP contribution in [0.1, 0.15) is 10.5 Å². The normalized spacial score (nSPS) is 17.7. The van der Waals surface area contributed by atoms with E-state index < -0.39 is 16.9 Å². The highest BCUT2D eigenvalue weighted by atomic mass is 79.9. The minimum absolute atomic E-state index is 0.185. The highest BCUT2D eigenvalue weighted by Crippen LogP contribution is 2.34. The summed E-state index contributed by atoms with van der Waals surface area (Å²) in [6.07, 6.45) is 0. The van der Waals surface area contributed by atoms with Crippen molar-refractivity contribution < 1.29 is 13.7 Å². The number of ether oxygens (including phenoxy) is 1. The van der Waals surface area contributed by atoms with Crippen molar-refractivity contribution in [1.82, 2.24) is 9.29 Å². The molecule has 9 heteroatoms. The van der Waals surface area contributed by atoms with Crippen LogP contribution in [0.25, 0.3) is 10.9 Å². The Labute approximate surface area is 146 Å². The van der Waals surface area contributed by atoms with Crippen LogP contribution in [0.2, 0.25) is 0 Å². The molecule has 1 saturated heterocycles. The number of halogens is 2. The maximum absolute atomic E-state index is 12.9.